The number of aromatic amines is 1. The number of hydrogen-bond acceptors (Lipinski definition) is 5. The van der Waals surface area contributed by atoms with E-state index in [0.29, 0.717) is 23.0 Å². The molecule has 10 nitrogen and oxygen atoms in total. The van der Waals surface area contributed by atoms with E-state index < -0.39 is 29.9 Å². The van der Waals surface area contributed by atoms with Crippen LogP contribution >= 0.6 is 0 Å². The number of amides is 4. The number of benzene rings is 1. The van der Waals surface area contributed by atoms with Gasteiger partial charge in [-0.1, -0.05) is 0 Å². The van der Waals surface area contributed by atoms with Crippen molar-refractivity contribution < 1.29 is 28.7 Å². The summed E-state index contributed by atoms with van der Waals surface area (Å²) in [6.07, 6.45) is 2.27. The summed E-state index contributed by atoms with van der Waals surface area (Å²) in [7, 11) is 0. The minimum absolute atomic E-state index is 0.189. The summed E-state index contributed by atoms with van der Waals surface area (Å²) in [5.41, 5.74) is 0.980. The highest BCUT2D eigenvalue weighted by molar-refractivity contribution is 6.07. The molecule has 4 amide bonds. The van der Waals surface area contributed by atoms with E-state index in [1.165, 1.54) is 17.0 Å². The van der Waals surface area contributed by atoms with Crippen LogP contribution in [0.3, 0.4) is 0 Å². The number of likely N-dealkylation sites (tertiary alicyclic amines) is 1. The topological polar surface area (TPSA) is 126 Å². The van der Waals surface area contributed by atoms with Gasteiger partial charge in [-0.2, -0.15) is 0 Å². The molecule has 3 aliphatic rings. The number of piperazine rings is 1. The number of carbonyl (C=O) groups is 4. The number of fused-ring (bicyclic) bond motifs is 1. The van der Waals surface area contributed by atoms with Gasteiger partial charge in [0, 0.05) is 37.1 Å². The number of piperidine rings is 1. The number of aliphatic carboxylic acids is 1. The van der Waals surface area contributed by atoms with E-state index in [2.05, 4.69) is 10.3 Å². The number of β-lactam (4-membered cyclic amide) rings is 1. The summed E-state index contributed by atoms with van der Waals surface area (Å²) in [5.74, 6) is -2.64. The number of H-pyrrole nitrogens is 1. The van der Waals surface area contributed by atoms with Gasteiger partial charge in [-0.15, -0.1) is 0 Å². The summed E-state index contributed by atoms with van der Waals surface area (Å²) in [6, 6.07) is 4.07. The average Bonchev–Trinajstić information content (AvgIpc) is 3.28. The second kappa shape index (κ2) is 9.29. The number of carboxylic acids is 1. The Bertz CT molecular complexity index is 1170. The van der Waals surface area contributed by atoms with Gasteiger partial charge in [0.2, 0.25) is 5.91 Å². The summed E-state index contributed by atoms with van der Waals surface area (Å²) in [5, 5.41) is 13.6. The van der Waals surface area contributed by atoms with Crippen LogP contribution in [-0.2, 0) is 9.59 Å². The Balaban J connectivity index is 1.20. The highest BCUT2D eigenvalue weighted by atomic mass is 19.1. The van der Waals surface area contributed by atoms with Gasteiger partial charge in [-0.25, -0.2) is 18.9 Å². The third-order valence-corrected chi connectivity index (χ3v) is 7.37. The number of nitrogens with one attached hydrogen (secondary N) is 2. The van der Waals surface area contributed by atoms with Crippen molar-refractivity contribution in [3.8, 4) is 0 Å². The summed E-state index contributed by atoms with van der Waals surface area (Å²) < 4.78 is 13.5. The molecule has 1 aromatic heterocycles. The number of carboxylic acid groups (broad SMARTS) is 1. The molecule has 3 aliphatic heterocycles. The molecular weight excluding hydrogens is 457 g/mol. The van der Waals surface area contributed by atoms with Crippen LogP contribution < -0.4 is 5.32 Å². The molecule has 186 valence electrons. The lowest BCUT2D eigenvalue weighted by Crippen LogP contribution is -2.69. The van der Waals surface area contributed by atoms with E-state index in [9.17, 15) is 28.7 Å². The van der Waals surface area contributed by atoms with Crippen LogP contribution in [0.4, 0.5) is 9.18 Å². The Hall–Kier alpha value is -3.47. The molecule has 0 saturated carbocycles. The first-order valence-corrected chi connectivity index (χ1v) is 12.0. The van der Waals surface area contributed by atoms with Crippen molar-refractivity contribution in [2.75, 3.05) is 39.3 Å². The predicted octanol–water partition coefficient (Wildman–Crippen LogP) is 1.49. The van der Waals surface area contributed by atoms with Crippen LogP contribution in [0.2, 0.25) is 0 Å². The molecule has 11 heteroatoms. The largest absolute Gasteiger partial charge is 0.480 e. The van der Waals surface area contributed by atoms with E-state index in [1.54, 1.807) is 17.0 Å². The molecule has 35 heavy (non-hydrogen) atoms. The molecule has 0 bridgehead atoms. The Kier molecular flexibility index (Phi) is 6.18. The first-order chi connectivity index (χ1) is 16.8. The number of urea groups is 1. The fourth-order valence-corrected chi connectivity index (χ4v) is 5.39. The molecule has 0 spiro atoms. The summed E-state index contributed by atoms with van der Waals surface area (Å²) in [4.78, 5) is 57.6. The SMILES string of the molecule is O=C(O)[C@@H]1[C@@H](CC2CCNCC2)C(=O)N1C(=O)N1CCN(C(=O)c2cc3cc(F)ccc3[nH]2)CC1. The fraction of sp³-hybridized carbons (Fsp3) is 0.500. The molecule has 2 aromatic rings. The molecule has 3 fully saturated rings. The lowest BCUT2D eigenvalue weighted by molar-refractivity contribution is -0.167. The van der Waals surface area contributed by atoms with Crippen LogP contribution in [0, 0.1) is 17.7 Å². The van der Waals surface area contributed by atoms with Gasteiger partial charge >= 0.3 is 12.0 Å². The van der Waals surface area contributed by atoms with Gasteiger partial charge in [0.25, 0.3) is 5.91 Å². The van der Waals surface area contributed by atoms with Gasteiger partial charge in [-0.3, -0.25) is 9.59 Å². The number of imide groups is 1. The Labute approximate surface area is 201 Å². The highest BCUT2D eigenvalue weighted by Gasteiger charge is 2.56. The van der Waals surface area contributed by atoms with Gasteiger partial charge in [0.1, 0.15) is 11.5 Å². The monoisotopic (exact) mass is 485 g/mol. The Morgan fingerprint density at radius 1 is 1.03 bits per heavy atom. The summed E-state index contributed by atoms with van der Waals surface area (Å²) in [6.45, 7) is 2.57. The standard InChI is InChI=1S/C24H28FN5O5/c25-16-1-2-18-15(12-16)13-19(27-18)22(32)28-7-9-29(10-8-28)24(35)30-20(23(33)34)17(21(30)31)11-14-3-5-26-6-4-14/h1-2,12-14,17,20,26-27H,3-11H2,(H,33,34)/t17-,20+/m1/s1. The van der Waals surface area contributed by atoms with Gasteiger partial charge < -0.3 is 25.2 Å². The Morgan fingerprint density at radius 2 is 1.71 bits per heavy atom. The van der Waals surface area contributed by atoms with Crippen molar-refractivity contribution in [2.24, 2.45) is 11.8 Å². The third kappa shape index (κ3) is 4.36. The zero-order chi connectivity index (χ0) is 24.7. The maximum absolute atomic E-state index is 13.5. The number of halogens is 1. The average molecular weight is 486 g/mol. The zero-order valence-corrected chi connectivity index (χ0v) is 19.2. The van der Waals surface area contributed by atoms with Crippen LogP contribution in [0.25, 0.3) is 10.9 Å². The van der Waals surface area contributed by atoms with E-state index in [4.69, 9.17) is 0 Å². The molecule has 3 N–H and O–H groups in total. The van der Waals surface area contributed by atoms with Crippen molar-refractivity contribution in [3.63, 3.8) is 0 Å². The number of aromatic nitrogens is 1. The quantitative estimate of drug-likeness (QED) is 0.564. The van der Waals surface area contributed by atoms with Crippen LogP contribution in [0.15, 0.2) is 24.3 Å². The molecule has 5 rings (SSSR count). The van der Waals surface area contributed by atoms with Crippen molar-refractivity contribution in [3.05, 3.63) is 35.8 Å². The number of hydrogen-bond donors (Lipinski definition) is 3. The van der Waals surface area contributed by atoms with Crippen LogP contribution in [0.5, 0.6) is 0 Å². The maximum Gasteiger partial charge on any atom is 0.327 e. The second-order valence-corrected chi connectivity index (χ2v) is 9.50. The van der Waals surface area contributed by atoms with Gasteiger partial charge in [-0.05, 0) is 62.5 Å². The van der Waals surface area contributed by atoms with E-state index >= 15 is 0 Å². The fourth-order valence-electron chi connectivity index (χ4n) is 5.39. The molecule has 1 aromatic carbocycles. The van der Waals surface area contributed by atoms with Crippen molar-refractivity contribution in [1.82, 2.24) is 25.0 Å². The molecule has 0 aliphatic carbocycles. The summed E-state index contributed by atoms with van der Waals surface area (Å²) >= 11 is 0. The zero-order valence-electron chi connectivity index (χ0n) is 19.2. The molecule has 0 unspecified atom stereocenters. The molecule has 4 heterocycles. The van der Waals surface area contributed by atoms with Crippen LogP contribution in [-0.4, -0.2) is 93.9 Å². The van der Waals surface area contributed by atoms with Crippen molar-refractivity contribution >= 4 is 34.7 Å². The maximum atomic E-state index is 13.5. The first-order valence-electron chi connectivity index (χ1n) is 12.0. The smallest absolute Gasteiger partial charge is 0.327 e. The molecule has 3 saturated heterocycles. The van der Waals surface area contributed by atoms with E-state index in [-0.39, 0.29) is 43.8 Å². The second-order valence-electron chi connectivity index (χ2n) is 9.50. The lowest BCUT2D eigenvalue weighted by atomic mass is 9.78. The molecule has 2 atom stereocenters. The Morgan fingerprint density at radius 3 is 2.40 bits per heavy atom. The number of carbonyl (C=O) groups excluding carboxylic acids is 3. The third-order valence-electron chi connectivity index (χ3n) is 7.37. The number of rotatable bonds is 4. The van der Waals surface area contributed by atoms with E-state index in [1.807, 2.05) is 0 Å². The lowest BCUT2D eigenvalue weighted by Gasteiger charge is -2.47. The highest BCUT2D eigenvalue weighted by Crippen LogP contribution is 2.35. The normalized spacial score (nSPS) is 23.5. The van der Waals surface area contributed by atoms with E-state index in [0.717, 1.165) is 30.8 Å². The van der Waals surface area contributed by atoms with Gasteiger partial charge in [0.05, 0.1) is 5.92 Å². The minimum Gasteiger partial charge on any atom is -0.480 e. The van der Waals surface area contributed by atoms with Gasteiger partial charge in [0.15, 0.2) is 6.04 Å². The number of nitrogens with zero attached hydrogens (tertiary/aromatic N) is 3. The molecular formula is C24H28FN5O5. The molecule has 0 radical (unpaired) electrons. The first kappa shape index (κ1) is 23.3. The van der Waals surface area contributed by atoms with Crippen molar-refractivity contribution in [1.29, 1.82) is 0 Å². The minimum atomic E-state index is -1.17. The van der Waals surface area contributed by atoms with Crippen molar-refractivity contribution in [2.45, 2.75) is 25.3 Å². The predicted molar refractivity (Wildman–Crippen MR) is 123 cm³/mol. The van der Waals surface area contributed by atoms with Crippen LogP contribution in [0.1, 0.15) is 29.8 Å².